The second-order valence-electron chi connectivity index (χ2n) is 5.42. The van der Waals surface area contributed by atoms with Gasteiger partial charge in [0.15, 0.2) is 9.84 Å². The molecule has 0 heterocycles. The lowest BCUT2D eigenvalue weighted by Crippen LogP contribution is -2.36. The van der Waals surface area contributed by atoms with Gasteiger partial charge < -0.3 is 11.1 Å². The average Bonchev–Trinajstić information content (AvgIpc) is 2.39. The van der Waals surface area contributed by atoms with Crippen LogP contribution in [0, 0.1) is 0 Å². The Kier molecular flexibility index (Phi) is 6.02. The zero-order valence-corrected chi connectivity index (χ0v) is 13.5. The first-order chi connectivity index (χ1) is 9.37. The first kappa shape index (κ1) is 17.0. The Hall–Kier alpha value is -1.07. The fourth-order valence-corrected chi connectivity index (χ4v) is 3.45. The highest BCUT2D eigenvalue weighted by molar-refractivity contribution is 7.91. The monoisotopic (exact) mass is 298 g/mol. The van der Waals surface area contributed by atoms with E-state index in [2.05, 4.69) is 19.2 Å². The van der Waals surface area contributed by atoms with Crippen molar-refractivity contribution in [3.05, 3.63) is 24.3 Å². The van der Waals surface area contributed by atoms with Gasteiger partial charge in [0, 0.05) is 11.2 Å². The number of hydrogen-bond acceptors (Lipinski definition) is 4. The maximum Gasteiger partial charge on any atom is 0.178 e. The number of nitrogens with one attached hydrogen (secondary N) is 1. The minimum absolute atomic E-state index is 0.0570. The van der Waals surface area contributed by atoms with Crippen molar-refractivity contribution < 1.29 is 8.42 Å². The Morgan fingerprint density at radius 2 is 1.80 bits per heavy atom. The minimum atomic E-state index is -3.13. The minimum Gasteiger partial charge on any atom is -0.380 e. The van der Waals surface area contributed by atoms with Gasteiger partial charge in [-0.15, -0.1) is 0 Å². The lowest BCUT2D eigenvalue weighted by Gasteiger charge is -2.30. The molecule has 0 spiro atoms. The van der Waals surface area contributed by atoms with E-state index in [0.717, 1.165) is 18.5 Å². The van der Waals surface area contributed by atoms with E-state index in [9.17, 15) is 8.42 Å². The summed E-state index contributed by atoms with van der Waals surface area (Å²) in [5, 5.41) is 3.44. The van der Waals surface area contributed by atoms with Gasteiger partial charge in [-0.25, -0.2) is 8.42 Å². The summed E-state index contributed by atoms with van der Waals surface area (Å²) in [5.41, 5.74) is 6.51. The Bertz CT molecular complexity index is 511. The first-order valence-corrected chi connectivity index (χ1v) is 8.83. The van der Waals surface area contributed by atoms with E-state index >= 15 is 0 Å². The number of sulfone groups is 1. The van der Waals surface area contributed by atoms with Gasteiger partial charge in [0.05, 0.1) is 10.6 Å². The third-order valence-electron chi connectivity index (χ3n) is 3.61. The molecule has 0 bridgehead atoms. The quantitative estimate of drug-likeness (QED) is 0.774. The van der Waals surface area contributed by atoms with Crippen molar-refractivity contribution in [3.63, 3.8) is 0 Å². The van der Waals surface area contributed by atoms with Crippen LogP contribution >= 0.6 is 0 Å². The molecule has 0 saturated heterocycles. The maximum absolute atomic E-state index is 12.0. The fourth-order valence-electron chi connectivity index (χ4n) is 2.13. The Morgan fingerprint density at radius 1 is 1.20 bits per heavy atom. The average molecular weight is 298 g/mol. The van der Waals surface area contributed by atoms with E-state index in [1.165, 1.54) is 0 Å². The maximum atomic E-state index is 12.0. The Morgan fingerprint density at radius 3 is 2.25 bits per heavy atom. The summed E-state index contributed by atoms with van der Waals surface area (Å²) >= 11 is 0. The van der Waals surface area contributed by atoms with Gasteiger partial charge in [-0.3, -0.25) is 0 Å². The van der Waals surface area contributed by atoms with Crippen LogP contribution in [-0.4, -0.2) is 26.3 Å². The summed E-state index contributed by atoms with van der Waals surface area (Å²) in [7, 11) is -3.13. The molecular formula is C15H26N2O2S. The summed E-state index contributed by atoms with van der Waals surface area (Å²) in [5.74, 6) is 0.194. The molecule has 0 radical (unpaired) electrons. The van der Waals surface area contributed by atoms with E-state index in [1.807, 2.05) is 19.1 Å². The van der Waals surface area contributed by atoms with E-state index in [1.54, 1.807) is 12.1 Å². The van der Waals surface area contributed by atoms with Crippen LogP contribution in [0.15, 0.2) is 29.2 Å². The molecule has 0 aliphatic heterocycles. The third kappa shape index (κ3) is 4.49. The zero-order valence-electron chi connectivity index (χ0n) is 12.6. The summed E-state index contributed by atoms with van der Waals surface area (Å²) in [6.07, 6.45) is 2.46. The zero-order chi connectivity index (χ0) is 15.2. The molecule has 3 N–H and O–H groups in total. The predicted octanol–water partition coefficient (Wildman–Crippen LogP) is 2.80. The molecule has 1 unspecified atom stereocenters. The van der Waals surface area contributed by atoms with Crippen LogP contribution in [0.1, 0.15) is 40.0 Å². The van der Waals surface area contributed by atoms with Crippen molar-refractivity contribution in [2.45, 2.75) is 50.5 Å². The number of rotatable bonds is 8. The molecule has 1 aromatic carbocycles. The number of hydrogen-bond donors (Lipinski definition) is 2. The van der Waals surface area contributed by atoms with Gasteiger partial charge in [-0.05, 0) is 57.0 Å². The first-order valence-electron chi connectivity index (χ1n) is 7.18. The topological polar surface area (TPSA) is 72.2 Å². The van der Waals surface area contributed by atoms with E-state index in [4.69, 9.17) is 5.73 Å². The van der Waals surface area contributed by atoms with Crippen molar-refractivity contribution in [1.82, 2.24) is 0 Å². The molecule has 5 heteroatoms. The summed E-state index contributed by atoms with van der Waals surface area (Å²) in [6.45, 7) is 6.73. The molecule has 0 aliphatic carbocycles. The third-order valence-corrected chi connectivity index (χ3v) is 5.54. The number of benzene rings is 1. The molecule has 1 atom stereocenters. The highest BCUT2D eigenvalue weighted by Gasteiger charge is 2.21. The highest BCUT2D eigenvalue weighted by Crippen LogP contribution is 2.23. The lowest BCUT2D eigenvalue weighted by molar-refractivity contribution is 0.463. The van der Waals surface area contributed by atoms with Crippen molar-refractivity contribution >= 4 is 15.5 Å². The number of nitrogens with two attached hydrogens (primary N) is 1. The van der Waals surface area contributed by atoms with Crippen LogP contribution in [0.3, 0.4) is 0 Å². The van der Waals surface area contributed by atoms with Crippen LogP contribution in [0.25, 0.3) is 0 Å². The molecule has 4 nitrogen and oxygen atoms in total. The molecule has 0 amide bonds. The van der Waals surface area contributed by atoms with E-state index in [0.29, 0.717) is 17.9 Å². The SMILES string of the molecule is CCCS(=O)(=O)c1ccc(NC(C)(CC)CCN)cc1. The van der Waals surface area contributed by atoms with Crippen LogP contribution in [-0.2, 0) is 9.84 Å². The molecule has 0 aliphatic rings. The fraction of sp³-hybridized carbons (Fsp3) is 0.600. The van der Waals surface area contributed by atoms with Gasteiger partial charge in [-0.1, -0.05) is 13.8 Å². The van der Waals surface area contributed by atoms with Crippen molar-refractivity contribution in [3.8, 4) is 0 Å². The summed E-state index contributed by atoms with van der Waals surface area (Å²) < 4.78 is 23.9. The molecular weight excluding hydrogens is 272 g/mol. The van der Waals surface area contributed by atoms with Gasteiger partial charge in [0.25, 0.3) is 0 Å². The van der Waals surface area contributed by atoms with E-state index < -0.39 is 9.84 Å². The van der Waals surface area contributed by atoms with Gasteiger partial charge >= 0.3 is 0 Å². The summed E-state index contributed by atoms with van der Waals surface area (Å²) in [6, 6.07) is 7.00. The van der Waals surface area contributed by atoms with Crippen LogP contribution in [0.2, 0.25) is 0 Å². The smallest absolute Gasteiger partial charge is 0.178 e. The molecule has 1 rings (SSSR count). The molecule has 20 heavy (non-hydrogen) atoms. The Labute approximate surface area is 122 Å². The van der Waals surface area contributed by atoms with Crippen molar-refractivity contribution in [1.29, 1.82) is 0 Å². The van der Waals surface area contributed by atoms with E-state index in [-0.39, 0.29) is 11.3 Å². The predicted molar refractivity (Wildman–Crippen MR) is 84.8 cm³/mol. The normalized spacial score (nSPS) is 14.8. The number of anilines is 1. The highest BCUT2D eigenvalue weighted by atomic mass is 32.2. The molecule has 1 aromatic rings. The molecule has 0 aromatic heterocycles. The van der Waals surface area contributed by atoms with Crippen LogP contribution < -0.4 is 11.1 Å². The van der Waals surface area contributed by atoms with Crippen LogP contribution in [0.5, 0.6) is 0 Å². The lowest BCUT2D eigenvalue weighted by atomic mass is 9.94. The second-order valence-corrected chi connectivity index (χ2v) is 7.53. The molecule has 0 saturated carbocycles. The Balaban J connectivity index is 2.87. The van der Waals surface area contributed by atoms with Gasteiger partial charge in [0.1, 0.15) is 0 Å². The van der Waals surface area contributed by atoms with Crippen molar-refractivity contribution in [2.24, 2.45) is 5.73 Å². The molecule has 114 valence electrons. The summed E-state index contributed by atoms with van der Waals surface area (Å²) in [4.78, 5) is 0.391. The standard InChI is InChI=1S/C15H26N2O2S/c1-4-12-20(18,19)14-8-6-13(7-9-14)17-15(3,5-2)10-11-16/h6-9,17H,4-5,10-12,16H2,1-3H3. The van der Waals surface area contributed by atoms with Gasteiger partial charge in [-0.2, -0.15) is 0 Å². The van der Waals surface area contributed by atoms with Gasteiger partial charge in [0.2, 0.25) is 0 Å². The largest absolute Gasteiger partial charge is 0.380 e. The molecule has 0 fully saturated rings. The van der Waals surface area contributed by atoms with Crippen molar-refractivity contribution in [2.75, 3.05) is 17.6 Å². The second kappa shape index (κ2) is 7.09. The van der Waals surface area contributed by atoms with Crippen LogP contribution in [0.4, 0.5) is 5.69 Å².